The molecule has 1 aromatic heterocycles. The van der Waals surface area contributed by atoms with Crippen LogP contribution in [0.4, 0.5) is 0 Å². The molecule has 2 N–H and O–H groups in total. The molecular formula is C11H14N2OS2. The summed E-state index contributed by atoms with van der Waals surface area (Å²) in [5.74, 6) is -0.206. The van der Waals surface area contributed by atoms with Gasteiger partial charge in [-0.1, -0.05) is 13.0 Å². The van der Waals surface area contributed by atoms with Crippen molar-refractivity contribution in [2.45, 2.75) is 13.3 Å². The quantitative estimate of drug-likeness (QED) is 0.639. The van der Waals surface area contributed by atoms with Crippen LogP contribution in [-0.4, -0.2) is 17.6 Å². The maximum atomic E-state index is 11.4. The van der Waals surface area contributed by atoms with Crippen LogP contribution >= 0.6 is 23.6 Å². The second kappa shape index (κ2) is 7.14. The second-order valence-corrected chi connectivity index (χ2v) is 4.48. The van der Waals surface area contributed by atoms with Crippen LogP contribution < -0.4 is 10.6 Å². The lowest BCUT2D eigenvalue weighted by atomic mass is 10.4. The molecule has 3 nitrogen and oxygen atoms in total. The fraction of sp³-hybridized carbons (Fsp3) is 0.273. The van der Waals surface area contributed by atoms with Gasteiger partial charge < -0.3 is 5.32 Å². The van der Waals surface area contributed by atoms with Crippen LogP contribution in [0.25, 0.3) is 6.08 Å². The van der Waals surface area contributed by atoms with Gasteiger partial charge in [0.2, 0.25) is 5.91 Å². The number of thiophene rings is 1. The Labute approximate surface area is 105 Å². The van der Waals surface area contributed by atoms with Gasteiger partial charge in [0.1, 0.15) is 0 Å². The van der Waals surface area contributed by atoms with Crippen LogP contribution in [0, 0.1) is 0 Å². The lowest BCUT2D eigenvalue weighted by Crippen LogP contribution is -2.38. The zero-order chi connectivity index (χ0) is 11.8. The van der Waals surface area contributed by atoms with Crippen LogP contribution in [0.3, 0.4) is 0 Å². The Bertz CT molecular complexity index is 371. The summed E-state index contributed by atoms with van der Waals surface area (Å²) in [7, 11) is 0. The van der Waals surface area contributed by atoms with Crippen molar-refractivity contribution in [1.82, 2.24) is 10.6 Å². The van der Waals surface area contributed by atoms with Crippen LogP contribution in [0.15, 0.2) is 23.6 Å². The number of hydrogen-bond acceptors (Lipinski definition) is 3. The molecule has 1 heterocycles. The van der Waals surface area contributed by atoms with E-state index in [-0.39, 0.29) is 5.91 Å². The van der Waals surface area contributed by atoms with Gasteiger partial charge in [0.25, 0.3) is 0 Å². The highest BCUT2D eigenvalue weighted by Gasteiger charge is 1.99. The van der Waals surface area contributed by atoms with E-state index in [2.05, 4.69) is 10.6 Å². The Balaban J connectivity index is 2.33. The van der Waals surface area contributed by atoms with Crippen molar-refractivity contribution in [3.63, 3.8) is 0 Å². The Morgan fingerprint density at radius 2 is 2.44 bits per heavy atom. The van der Waals surface area contributed by atoms with Crippen molar-refractivity contribution in [2.24, 2.45) is 0 Å². The number of rotatable bonds is 4. The van der Waals surface area contributed by atoms with Gasteiger partial charge in [0.15, 0.2) is 5.11 Å². The molecule has 0 aromatic carbocycles. The van der Waals surface area contributed by atoms with E-state index < -0.39 is 0 Å². The molecule has 1 rings (SSSR count). The molecule has 0 fully saturated rings. The molecule has 86 valence electrons. The summed E-state index contributed by atoms with van der Waals surface area (Å²) in [5, 5.41) is 7.84. The normalized spacial score (nSPS) is 10.3. The molecule has 0 saturated carbocycles. The van der Waals surface area contributed by atoms with Gasteiger partial charge in [-0.15, -0.1) is 11.3 Å². The Kier molecular flexibility index (Phi) is 5.74. The number of amides is 1. The summed E-state index contributed by atoms with van der Waals surface area (Å²) in [6, 6.07) is 3.89. The molecular weight excluding hydrogens is 240 g/mol. The maximum absolute atomic E-state index is 11.4. The lowest BCUT2D eigenvalue weighted by molar-refractivity contribution is -0.115. The number of nitrogens with one attached hydrogen (secondary N) is 2. The van der Waals surface area contributed by atoms with E-state index >= 15 is 0 Å². The van der Waals surface area contributed by atoms with E-state index in [0.29, 0.717) is 5.11 Å². The average Bonchev–Trinajstić information content (AvgIpc) is 2.76. The molecule has 1 aromatic rings. The first-order chi connectivity index (χ1) is 7.72. The summed E-state index contributed by atoms with van der Waals surface area (Å²) < 4.78 is 0. The Morgan fingerprint density at radius 1 is 1.62 bits per heavy atom. The predicted molar refractivity (Wildman–Crippen MR) is 72.4 cm³/mol. The van der Waals surface area contributed by atoms with Gasteiger partial charge in [-0.3, -0.25) is 10.1 Å². The standard InChI is InChI=1S/C11H14N2OS2/c1-2-7-12-11(15)13-10(14)6-5-9-4-3-8-16-9/h3-6,8H,2,7H2,1H3,(H2,12,13,14,15). The summed E-state index contributed by atoms with van der Waals surface area (Å²) in [6.45, 7) is 2.81. The SMILES string of the molecule is CCCNC(=S)NC(=O)C=Cc1cccs1. The zero-order valence-corrected chi connectivity index (χ0v) is 10.7. The van der Waals surface area contributed by atoms with Crippen LogP contribution in [0.5, 0.6) is 0 Å². The summed E-state index contributed by atoms with van der Waals surface area (Å²) in [4.78, 5) is 12.4. The monoisotopic (exact) mass is 254 g/mol. The van der Waals surface area contributed by atoms with Crippen molar-refractivity contribution < 1.29 is 4.79 Å². The highest BCUT2D eigenvalue weighted by molar-refractivity contribution is 7.80. The first kappa shape index (κ1) is 12.9. The third-order valence-corrected chi connectivity index (χ3v) is 2.80. The number of carbonyl (C=O) groups excluding carboxylic acids is 1. The molecule has 0 radical (unpaired) electrons. The second-order valence-electron chi connectivity index (χ2n) is 3.09. The number of carbonyl (C=O) groups is 1. The highest BCUT2D eigenvalue weighted by Crippen LogP contribution is 2.09. The van der Waals surface area contributed by atoms with Gasteiger partial charge in [-0.25, -0.2) is 0 Å². The topological polar surface area (TPSA) is 41.1 Å². The molecule has 0 aliphatic carbocycles. The summed E-state index contributed by atoms with van der Waals surface area (Å²) >= 11 is 6.52. The van der Waals surface area contributed by atoms with Crippen molar-refractivity contribution in [3.05, 3.63) is 28.5 Å². The molecule has 0 aliphatic heterocycles. The third kappa shape index (κ3) is 5.04. The van der Waals surface area contributed by atoms with Crippen molar-refractivity contribution in [2.75, 3.05) is 6.54 Å². The minimum Gasteiger partial charge on any atom is -0.362 e. The number of hydrogen-bond donors (Lipinski definition) is 2. The smallest absolute Gasteiger partial charge is 0.250 e. The maximum Gasteiger partial charge on any atom is 0.250 e. The molecule has 5 heteroatoms. The van der Waals surface area contributed by atoms with Gasteiger partial charge in [-0.05, 0) is 36.2 Å². The predicted octanol–water partition coefficient (Wildman–Crippen LogP) is 2.16. The molecule has 1 amide bonds. The summed E-state index contributed by atoms with van der Waals surface area (Å²) in [5.41, 5.74) is 0. The van der Waals surface area contributed by atoms with E-state index in [1.54, 1.807) is 17.4 Å². The Hall–Kier alpha value is -1.20. The first-order valence-electron chi connectivity index (χ1n) is 5.02. The minimum atomic E-state index is -0.206. The van der Waals surface area contributed by atoms with Gasteiger partial charge in [-0.2, -0.15) is 0 Å². The van der Waals surface area contributed by atoms with E-state index in [1.807, 2.05) is 24.4 Å². The van der Waals surface area contributed by atoms with Crippen molar-refractivity contribution in [1.29, 1.82) is 0 Å². The van der Waals surface area contributed by atoms with Gasteiger partial charge in [0, 0.05) is 17.5 Å². The lowest BCUT2D eigenvalue weighted by Gasteiger charge is -2.05. The van der Waals surface area contributed by atoms with E-state index in [0.717, 1.165) is 17.8 Å². The fourth-order valence-electron chi connectivity index (χ4n) is 0.980. The fourth-order valence-corrected chi connectivity index (χ4v) is 1.80. The molecule has 16 heavy (non-hydrogen) atoms. The zero-order valence-electron chi connectivity index (χ0n) is 9.03. The molecule has 0 bridgehead atoms. The Morgan fingerprint density at radius 3 is 3.06 bits per heavy atom. The largest absolute Gasteiger partial charge is 0.362 e. The van der Waals surface area contributed by atoms with Crippen LogP contribution in [-0.2, 0) is 4.79 Å². The van der Waals surface area contributed by atoms with E-state index in [4.69, 9.17) is 12.2 Å². The van der Waals surface area contributed by atoms with Crippen molar-refractivity contribution in [3.8, 4) is 0 Å². The van der Waals surface area contributed by atoms with Crippen LogP contribution in [0.2, 0.25) is 0 Å². The van der Waals surface area contributed by atoms with Crippen LogP contribution in [0.1, 0.15) is 18.2 Å². The van der Waals surface area contributed by atoms with Crippen molar-refractivity contribution >= 4 is 40.7 Å². The molecule has 0 spiro atoms. The van der Waals surface area contributed by atoms with Gasteiger partial charge >= 0.3 is 0 Å². The minimum absolute atomic E-state index is 0.206. The number of thiocarbonyl (C=S) groups is 1. The molecule has 0 atom stereocenters. The first-order valence-corrected chi connectivity index (χ1v) is 6.31. The molecule has 0 aliphatic rings. The third-order valence-electron chi connectivity index (χ3n) is 1.71. The molecule has 0 unspecified atom stereocenters. The van der Waals surface area contributed by atoms with E-state index in [1.165, 1.54) is 6.08 Å². The summed E-state index contributed by atoms with van der Waals surface area (Å²) in [6.07, 6.45) is 4.22. The average molecular weight is 254 g/mol. The van der Waals surface area contributed by atoms with E-state index in [9.17, 15) is 4.79 Å². The van der Waals surface area contributed by atoms with Gasteiger partial charge in [0.05, 0.1) is 0 Å². The molecule has 0 saturated heterocycles. The highest BCUT2D eigenvalue weighted by atomic mass is 32.1.